The van der Waals surface area contributed by atoms with Gasteiger partial charge in [-0.1, -0.05) is 19.4 Å². The Bertz CT molecular complexity index is 971. The van der Waals surface area contributed by atoms with Crippen LogP contribution < -0.4 is 10.5 Å². The summed E-state index contributed by atoms with van der Waals surface area (Å²) in [6.07, 6.45) is 1.63. The van der Waals surface area contributed by atoms with Crippen LogP contribution >= 0.6 is 0 Å². The summed E-state index contributed by atoms with van der Waals surface area (Å²) in [5, 5.41) is 19.1. The van der Waals surface area contributed by atoms with Crippen molar-refractivity contribution in [1.82, 2.24) is 24.5 Å². The number of fused-ring (bicyclic) bond motifs is 1. The number of nitrogens with two attached hydrogens (primary N) is 1. The molecule has 10 nitrogen and oxygen atoms in total. The Morgan fingerprint density at radius 2 is 2.00 bits per heavy atom. The Morgan fingerprint density at radius 3 is 2.74 bits per heavy atom. The maximum atomic E-state index is 10.9. The molecule has 10 heteroatoms. The lowest BCUT2D eigenvalue weighted by Gasteiger charge is -2.08. The van der Waals surface area contributed by atoms with Gasteiger partial charge in [-0.2, -0.15) is 15.0 Å². The van der Waals surface area contributed by atoms with Crippen LogP contribution in [0.25, 0.3) is 11.2 Å². The van der Waals surface area contributed by atoms with E-state index >= 15 is 0 Å². The van der Waals surface area contributed by atoms with E-state index in [1.807, 2.05) is 6.92 Å². The summed E-state index contributed by atoms with van der Waals surface area (Å²) in [5.74, 6) is -0.863. The zero-order valence-electron chi connectivity index (χ0n) is 14.8. The molecule has 3 aromatic heterocycles. The van der Waals surface area contributed by atoms with Crippen molar-refractivity contribution in [3.8, 4) is 12.0 Å². The molecule has 0 aliphatic heterocycles. The van der Waals surface area contributed by atoms with E-state index in [9.17, 15) is 9.90 Å². The van der Waals surface area contributed by atoms with Crippen molar-refractivity contribution in [2.24, 2.45) is 0 Å². The first kappa shape index (κ1) is 18.4. The van der Waals surface area contributed by atoms with Crippen LogP contribution in [0.2, 0.25) is 0 Å². The quantitative estimate of drug-likeness (QED) is 0.498. The van der Waals surface area contributed by atoms with Gasteiger partial charge in [-0.05, 0) is 18.6 Å². The maximum absolute atomic E-state index is 10.9. The van der Waals surface area contributed by atoms with E-state index in [-0.39, 0.29) is 36.3 Å². The smallest absolute Gasteiger partial charge is 0.320 e. The highest BCUT2D eigenvalue weighted by atomic mass is 16.5. The fourth-order valence-corrected chi connectivity index (χ4v) is 2.54. The summed E-state index contributed by atoms with van der Waals surface area (Å²) < 4.78 is 6.93. The summed E-state index contributed by atoms with van der Waals surface area (Å²) in [5.41, 5.74) is 7.46. The second kappa shape index (κ2) is 7.85. The second-order valence-electron chi connectivity index (χ2n) is 5.95. The Morgan fingerprint density at radius 1 is 1.22 bits per heavy atom. The minimum absolute atomic E-state index is 0.105. The molecule has 0 aliphatic carbocycles. The third kappa shape index (κ3) is 4.22. The Balaban J connectivity index is 1.94. The molecular weight excluding hydrogens is 352 g/mol. The molecule has 0 aliphatic rings. The van der Waals surface area contributed by atoms with Crippen molar-refractivity contribution < 1.29 is 19.7 Å². The van der Waals surface area contributed by atoms with Gasteiger partial charge in [-0.3, -0.25) is 14.3 Å². The lowest BCUT2D eigenvalue weighted by molar-refractivity contribution is -0.136. The molecule has 0 saturated carbocycles. The molecule has 27 heavy (non-hydrogen) atoms. The van der Waals surface area contributed by atoms with Gasteiger partial charge in [0.25, 0.3) is 6.01 Å². The minimum atomic E-state index is -0.968. The second-order valence-corrected chi connectivity index (χ2v) is 5.95. The monoisotopic (exact) mass is 372 g/mol. The third-order valence-electron chi connectivity index (χ3n) is 3.83. The number of ether oxygens (including phenoxy) is 1. The number of hydrogen-bond donors (Lipinski definition) is 3. The van der Waals surface area contributed by atoms with Crippen LogP contribution in [0.4, 0.5) is 5.82 Å². The van der Waals surface area contributed by atoms with E-state index in [2.05, 4.69) is 19.9 Å². The molecule has 3 heterocycles. The van der Waals surface area contributed by atoms with E-state index in [0.29, 0.717) is 23.6 Å². The van der Waals surface area contributed by atoms with Crippen LogP contribution in [0.5, 0.6) is 12.0 Å². The van der Waals surface area contributed by atoms with Gasteiger partial charge in [0.05, 0.1) is 31.0 Å². The topological polar surface area (TPSA) is 149 Å². The molecule has 3 aromatic rings. The third-order valence-corrected chi connectivity index (χ3v) is 3.83. The minimum Gasteiger partial charge on any atom is -0.481 e. The zero-order chi connectivity index (χ0) is 19.4. The number of aliphatic carboxylic acids is 1. The number of carbonyl (C=O) groups is 1. The Labute approximate surface area is 154 Å². The summed E-state index contributed by atoms with van der Waals surface area (Å²) in [6, 6.07) is 4.88. The predicted molar refractivity (Wildman–Crippen MR) is 96.5 cm³/mol. The van der Waals surface area contributed by atoms with E-state index in [1.165, 1.54) is 4.57 Å². The average molecular weight is 372 g/mol. The zero-order valence-corrected chi connectivity index (χ0v) is 14.8. The molecule has 0 unspecified atom stereocenters. The summed E-state index contributed by atoms with van der Waals surface area (Å²) in [6.45, 7) is 2.64. The molecule has 3 rings (SSSR count). The number of rotatable bonds is 8. The van der Waals surface area contributed by atoms with Crippen molar-refractivity contribution in [1.29, 1.82) is 0 Å². The van der Waals surface area contributed by atoms with Crippen molar-refractivity contribution in [2.75, 3.05) is 12.3 Å². The van der Waals surface area contributed by atoms with Gasteiger partial charge in [0.15, 0.2) is 17.0 Å². The molecule has 0 aromatic carbocycles. The molecule has 0 amide bonds. The van der Waals surface area contributed by atoms with Crippen molar-refractivity contribution in [3.05, 3.63) is 29.6 Å². The first-order valence-corrected chi connectivity index (χ1v) is 8.50. The number of carboxylic acids is 1. The highest BCUT2D eigenvalue weighted by Crippen LogP contribution is 2.25. The van der Waals surface area contributed by atoms with E-state index in [0.717, 1.165) is 12.8 Å². The van der Waals surface area contributed by atoms with Crippen LogP contribution in [-0.4, -0.2) is 47.3 Å². The number of aromatic hydroxyl groups is 1. The largest absolute Gasteiger partial charge is 0.481 e. The molecular formula is C17H20N6O4. The first-order valence-electron chi connectivity index (χ1n) is 8.50. The summed E-state index contributed by atoms with van der Waals surface area (Å²) in [7, 11) is 0. The molecule has 0 bridgehead atoms. The van der Waals surface area contributed by atoms with Gasteiger partial charge in [0, 0.05) is 0 Å². The number of pyridine rings is 1. The molecule has 0 spiro atoms. The number of nitrogens with zero attached hydrogens (tertiary/aromatic N) is 5. The van der Waals surface area contributed by atoms with Crippen LogP contribution in [-0.2, 0) is 17.8 Å². The fourth-order valence-electron chi connectivity index (χ4n) is 2.54. The number of imidazole rings is 1. The number of unbranched alkanes of at least 4 members (excludes halogenated alkanes) is 1. The lowest BCUT2D eigenvalue weighted by atomic mass is 10.2. The maximum Gasteiger partial charge on any atom is 0.320 e. The summed E-state index contributed by atoms with van der Waals surface area (Å²) in [4.78, 5) is 27.5. The van der Waals surface area contributed by atoms with Gasteiger partial charge in [0.2, 0.25) is 0 Å². The standard InChI is InChI=1S/C17H20N6O4/c1-2-3-7-27-16-21-14(18)13-15(22-16)23(17(26)20-13)9-11-6-4-5-10(19-11)8-12(24)25/h4-6H,2-3,7-9H2,1H3,(H,20,26)(H,24,25)(H2,18,21,22). The molecule has 0 fully saturated rings. The fraction of sp³-hybridized carbons (Fsp3) is 0.353. The first-order chi connectivity index (χ1) is 13.0. The summed E-state index contributed by atoms with van der Waals surface area (Å²) >= 11 is 0. The molecule has 0 atom stereocenters. The van der Waals surface area contributed by atoms with Gasteiger partial charge in [-0.15, -0.1) is 0 Å². The van der Waals surface area contributed by atoms with Crippen LogP contribution in [0.1, 0.15) is 31.2 Å². The Hall–Kier alpha value is -3.43. The Kier molecular flexibility index (Phi) is 5.34. The van der Waals surface area contributed by atoms with Crippen molar-refractivity contribution >= 4 is 23.0 Å². The number of anilines is 1. The van der Waals surface area contributed by atoms with Gasteiger partial charge in [0.1, 0.15) is 0 Å². The van der Waals surface area contributed by atoms with E-state index < -0.39 is 5.97 Å². The SMILES string of the molecule is CCCCOc1nc(N)c2nc(O)n(Cc3cccc(CC(=O)O)n3)c2n1. The van der Waals surface area contributed by atoms with E-state index in [1.54, 1.807) is 18.2 Å². The van der Waals surface area contributed by atoms with Gasteiger partial charge < -0.3 is 20.7 Å². The van der Waals surface area contributed by atoms with Crippen LogP contribution in [0.3, 0.4) is 0 Å². The molecule has 4 N–H and O–H groups in total. The number of carboxylic acid groups (broad SMARTS) is 1. The normalized spacial score (nSPS) is 11.0. The average Bonchev–Trinajstić information content (AvgIpc) is 2.92. The number of nitrogen functional groups attached to an aromatic ring is 1. The number of hydrogen-bond acceptors (Lipinski definition) is 8. The van der Waals surface area contributed by atoms with Crippen LogP contribution in [0.15, 0.2) is 18.2 Å². The number of aromatic nitrogens is 5. The van der Waals surface area contributed by atoms with Gasteiger partial charge >= 0.3 is 12.0 Å². The lowest BCUT2D eigenvalue weighted by Crippen LogP contribution is -2.08. The molecule has 0 radical (unpaired) electrons. The molecule has 142 valence electrons. The van der Waals surface area contributed by atoms with Gasteiger partial charge in [-0.25, -0.2) is 0 Å². The molecule has 0 saturated heterocycles. The predicted octanol–water partition coefficient (Wildman–Crippen LogP) is 1.36. The van der Waals surface area contributed by atoms with Crippen LogP contribution in [0, 0.1) is 0 Å². The van der Waals surface area contributed by atoms with E-state index in [4.69, 9.17) is 15.6 Å². The van der Waals surface area contributed by atoms with Crippen molar-refractivity contribution in [2.45, 2.75) is 32.7 Å². The highest BCUT2D eigenvalue weighted by Gasteiger charge is 2.17. The van der Waals surface area contributed by atoms with Crippen molar-refractivity contribution in [3.63, 3.8) is 0 Å². The highest BCUT2D eigenvalue weighted by molar-refractivity contribution is 5.83.